The van der Waals surface area contributed by atoms with Crippen LogP contribution in [0.4, 0.5) is 5.69 Å². The van der Waals surface area contributed by atoms with Crippen molar-refractivity contribution >= 4 is 43.6 Å². The lowest BCUT2D eigenvalue weighted by Crippen LogP contribution is -2.21. The van der Waals surface area contributed by atoms with Gasteiger partial charge in [0.2, 0.25) is 5.91 Å². The number of rotatable bonds is 8. The van der Waals surface area contributed by atoms with Crippen LogP contribution in [-0.4, -0.2) is 45.9 Å². The van der Waals surface area contributed by atoms with Crippen LogP contribution >= 0.6 is 0 Å². The molecule has 3 heterocycles. The molecule has 0 aliphatic carbocycles. The van der Waals surface area contributed by atoms with Crippen LogP contribution in [0, 0.1) is 0 Å². The predicted molar refractivity (Wildman–Crippen MR) is 117 cm³/mol. The smallest absolute Gasteiger partial charge is 0.298 e. The Morgan fingerprint density at radius 2 is 2.12 bits per heavy atom. The van der Waals surface area contributed by atoms with E-state index in [1.165, 1.54) is 13.2 Å². The highest BCUT2D eigenvalue weighted by Crippen LogP contribution is 2.40. The number of carbonyl (C=O) groups excluding carboxylic acids is 2. The average molecular weight is 508 g/mol. The molecule has 0 fully saturated rings. The standard InChI is InChI=1S/C19H17N5O8S2/c1-31-18-12(4-5-15(25)21-10-11-3-2-7-20-11)13(23-34(29,30)16-6-8-22-32-16)9-14-17(18)19(26)24-33(14,27)28/h2-9,20,23H,10H2,1H3,(H,21,25)(H,24,26)/b5-4+. The van der Waals surface area contributed by atoms with E-state index < -0.39 is 41.8 Å². The van der Waals surface area contributed by atoms with Crippen molar-refractivity contribution in [2.75, 3.05) is 11.8 Å². The Morgan fingerprint density at radius 1 is 1.32 bits per heavy atom. The number of fused-ring (bicyclic) bond motifs is 1. The molecule has 1 aromatic carbocycles. The Hall–Kier alpha value is -4.11. The first kappa shape index (κ1) is 23.1. The number of H-pyrrole nitrogens is 1. The number of sulfonamides is 2. The van der Waals surface area contributed by atoms with Crippen LogP contribution < -0.4 is 19.5 Å². The predicted octanol–water partition coefficient (Wildman–Crippen LogP) is 0.574. The van der Waals surface area contributed by atoms with E-state index in [1.54, 1.807) is 18.3 Å². The van der Waals surface area contributed by atoms with Gasteiger partial charge in [0.05, 0.1) is 25.5 Å². The van der Waals surface area contributed by atoms with E-state index in [0.29, 0.717) is 0 Å². The average Bonchev–Trinajstić information content (AvgIpc) is 3.52. The van der Waals surface area contributed by atoms with Crippen molar-refractivity contribution in [3.63, 3.8) is 0 Å². The zero-order chi connectivity index (χ0) is 24.5. The number of aromatic amines is 1. The van der Waals surface area contributed by atoms with Gasteiger partial charge >= 0.3 is 0 Å². The molecule has 2 amide bonds. The van der Waals surface area contributed by atoms with Crippen LogP contribution in [0.25, 0.3) is 6.08 Å². The van der Waals surface area contributed by atoms with E-state index in [-0.39, 0.29) is 29.1 Å². The fourth-order valence-electron chi connectivity index (χ4n) is 3.18. The number of amides is 2. The number of nitrogens with zero attached hydrogens (tertiary/aromatic N) is 1. The summed E-state index contributed by atoms with van der Waals surface area (Å²) in [5, 5.41) is 5.42. The molecule has 4 N–H and O–H groups in total. The second kappa shape index (κ2) is 8.68. The number of hydrogen-bond acceptors (Lipinski definition) is 9. The number of aromatic nitrogens is 2. The van der Waals surface area contributed by atoms with Crippen LogP contribution in [0.2, 0.25) is 0 Å². The lowest BCUT2D eigenvalue weighted by atomic mass is 10.0. The van der Waals surface area contributed by atoms with Crippen molar-refractivity contribution in [3.05, 3.63) is 59.6 Å². The largest absolute Gasteiger partial charge is 0.495 e. The number of nitrogens with one attached hydrogen (secondary N) is 4. The third-order valence-electron chi connectivity index (χ3n) is 4.67. The van der Waals surface area contributed by atoms with E-state index in [4.69, 9.17) is 4.74 Å². The minimum Gasteiger partial charge on any atom is -0.495 e. The van der Waals surface area contributed by atoms with Gasteiger partial charge in [-0.15, -0.1) is 0 Å². The zero-order valence-electron chi connectivity index (χ0n) is 17.4. The van der Waals surface area contributed by atoms with E-state index in [1.807, 2.05) is 4.72 Å². The van der Waals surface area contributed by atoms with E-state index in [9.17, 15) is 26.4 Å². The number of ether oxygens (including phenoxy) is 1. The number of methoxy groups -OCH3 is 1. The molecule has 0 radical (unpaired) electrons. The number of anilines is 1. The highest BCUT2D eigenvalue weighted by molar-refractivity contribution is 7.92. The molecule has 178 valence electrons. The maximum absolute atomic E-state index is 12.7. The van der Waals surface area contributed by atoms with Gasteiger partial charge in [-0.05, 0) is 24.3 Å². The number of carbonyl (C=O) groups is 2. The maximum atomic E-state index is 12.7. The second-order valence-electron chi connectivity index (χ2n) is 6.86. The van der Waals surface area contributed by atoms with Gasteiger partial charge in [-0.25, -0.2) is 13.1 Å². The van der Waals surface area contributed by atoms with Gasteiger partial charge in [-0.3, -0.25) is 14.3 Å². The molecule has 2 aromatic heterocycles. The molecular weight excluding hydrogens is 490 g/mol. The summed E-state index contributed by atoms with van der Waals surface area (Å²) in [5.41, 5.74) is 0.0860. The zero-order valence-corrected chi connectivity index (χ0v) is 19.0. The van der Waals surface area contributed by atoms with Crippen molar-refractivity contribution in [1.29, 1.82) is 0 Å². The minimum absolute atomic E-state index is 0.0633. The summed E-state index contributed by atoms with van der Waals surface area (Å²) >= 11 is 0. The second-order valence-corrected chi connectivity index (χ2v) is 10.1. The highest BCUT2D eigenvalue weighted by atomic mass is 32.2. The molecule has 4 rings (SSSR count). The molecule has 0 spiro atoms. The fourth-order valence-corrected chi connectivity index (χ4v) is 5.31. The van der Waals surface area contributed by atoms with Crippen LogP contribution in [0.15, 0.2) is 57.2 Å². The first-order valence-electron chi connectivity index (χ1n) is 9.46. The van der Waals surface area contributed by atoms with Crippen LogP contribution in [0.1, 0.15) is 21.6 Å². The van der Waals surface area contributed by atoms with Gasteiger partial charge in [-0.2, -0.15) is 8.42 Å². The summed E-state index contributed by atoms with van der Waals surface area (Å²) in [5.74, 6) is -1.75. The van der Waals surface area contributed by atoms with E-state index >= 15 is 0 Å². The summed E-state index contributed by atoms with van der Waals surface area (Å²) in [7, 11) is -7.42. The van der Waals surface area contributed by atoms with Gasteiger partial charge < -0.3 is 19.6 Å². The summed E-state index contributed by atoms with van der Waals surface area (Å²) in [4.78, 5) is 27.1. The van der Waals surface area contributed by atoms with E-state index in [2.05, 4.69) is 24.7 Å². The lowest BCUT2D eigenvalue weighted by molar-refractivity contribution is -0.116. The van der Waals surface area contributed by atoms with E-state index in [0.717, 1.165) is 30.1 Å². The molecular formula is C19H17N5O8S2. The summed E-state index contributed by atoms with van der Waals surface area (Å²) in [6.07, 6.45) is 5.08. The van der Waals surface area contributed by atoms with Crippen LogP contribution in [0.3, 0.4) is 0 Å². The maximum Gasteiger partial charge on any atom is 0.298 e. The summed E-state index contributed by atoms with van der Waals surface area (Å²) in [6.45, 7) is 0.198. The monoisotopic (exact) mass is 507 g/mol. The topological polar surface area (TPSA) is 190 Å². The molecule has 0 unspecified atom stereocenters. The highest BCUT2D eigenvalue weighted by Gasteiger charge is 2.38. The summed E-state index contributed by atoms with van der Waals surface area (Å²) in [6, 6.07) is 5.57. The molecule has 34 heavy (non-hydrogen) atoms. The van der Waals surface area contributed by atoms with Crippen molar-refractivity contribution in [1.82, 2.24) is 20.2 Å². The Morgan fingerprint density at radius 3 is 2.76 bits per heavy atom. The molecule has 1 aliphatic heterocycles. The molecule has 0 atom stereocenters. The number of benzene rings is 1. The van der Waals surface area contributed by atoms with Gasteiger partial charge in [0.1, 0.15) is 16.2 Å². The third-order valence-corrected chi connectivity index (χ3v) is 7.26. The molecule has 3 aromatic rings. The van der Waals surface area contributed by atoms with Crippen molar-refractivity contribution in [2.24, 2.45) is 0 Å². The summed E-state index contributed by atoms with van der Waals surface area (Å²) < 4.78 is 64.1. The lowest BCUT2D eigenvalue weighted by Gasteiger charge is -2.15. The quantitative estimate of drug-likeness (QED) is 0.316. The van der Waals surface area contributed by atoms with Gasteiger partial charge in [0.25, 0.3) is 31.0 Å². The molecule has 0 bridgehead atoms. The molecule has 15 heteroatoms. The van der Waals surface area contributed by atoms with Crippen molar-refractivity contribution in [3.8, 4) is 5.75 Å². The molecule has 0 saturated carbocycles. The number of hydrogen-bond donors (Lipinski definition) is 4. The first-order chi connectivity index (χ1) is 16.1. The normalized spacial score (nSPS) is 14.6. The minimum atomic E-state index is -4.34. The Labute approximate surface area is 193 Å². The van der Waals surface area contributed by atoms with Crippen molar-refractivity contribution < 1.29 is 35.7 Å². The third kappa shape index (κ3) is 4.38. The van der Waals surface area contributed by atoms with Crippen LogP contribution in [0.5, 0.6) is 5.75 Å². The van der Waals surface area contributed by atoms with Gasteiger partial charge in [0, 0.05) is 29.6 Å². The van der Waals surface area contributed by atoms with Gasteiger partial charge in [-0.1, -0.05) is 5.16 Å². The Balaban J connectivity index is 1.77. The van der Waals surface area contributed by atoms with Crippen molar-refractivity contribution in [2.45, 2.75) is 16.5 Å². The molecule has 1 aliphatic rings. The first-order valence-corrected chi connectivity index (χ1v) is 12.4. The molecule has 0 saturated heterocycles. The fraction of sp³-hybridized carbons (Fsp3) is 0.105. The molecule has 13 nitrogen and oxygen atoms in total. The Bertz CT molecular complexity index is 1490. The SMILES string of the molecule is COc1c(/C=C/C(=O)NCc2ccc[nH]2)c(NS(=O)(=O)c2ccno2)cc2c1C(=O)NS2(=O)=O. The van der Waals surface area contributed by atoms with Crippen LogP contribution in [-0.2, 0) is 31.4 Å². The van der Waals surface area contributed by atoms with Gasteiger partial charge in [0.15, 0.2) is 0 Å². The Kier molecular flexibility index (Phi) is 5.89.